The number of ether oxygens (including phenoxy) is 1. The lowest BCUT2D eigenvalue weighted by Gasteiger charge is -2.62. The standard InChI is InChI=1S/C21H30N2O2/c1-15-6-4-7-16(2)9-10-17-14-18-20(3,11-5-8-15)23-21(17,12-13-22-23)19(24)25-18/h7-8,13,17-18H,4-6,9-12,14H2,1-3H3/b15-8+,16-7+/t17-,18?,20-,21+/m0/s1. The van der Waals surface area contributed by atoms with Crippen LogP contribution in [0.15, 0.2) is 28.4 Å². The van der Waals surface area contributed by atoms with Gasteiger partial charge in [0, 0.05) is 12.6 Å². The summed E-state index contributed by atoms with van der Waals surface area (Å²) >= 11 is 0. The van der Waals surface area contributed by atoms with E-state index in [4.69, 9.17) is 9.84 Å². The maximum absolute atomic E-state index is 12.9. The predicted octanol–water partition coefficient (Wildman–Crippen LogP) is 4.37. The highest BCUT2D eigenvalue weighted by molar-refractivity contribution is 5.89. The summed E-state index contributed by atoms with van der Waals surface area (Å²) in [5, 5.41) is 6.88. The van der Waals surface area contributed by atoms with Gasteiger partial charge in [0.15, 0.2) is 5.54 Å². The third kappa shape index (κ3) is 2.48. The smallest absolute Gasteiger partial charge is 0.334 e. The first-order chi connectivity index (χ1) is 12.0. The van der Waals surface area contributed by atoms with Gasteiger partial charge in [0.05, 0.1) is 5.54 Å². The Labute approximate surface area is 151 Å². The van der Waals surface area contributed by atoms with Crippen molar-refractivity contribution in [2.24, 2.45) is 11.0 Å². The van der Waals surface area contributed by atoms with Crippen LogP contribution in [-0.2, 0) is 9.53 Å². The second kappa shape index (κ2) is 6.00. The highest BCUT2D eigenvalue weighted by atomic mass is 16.6. The summed E-state index contributed by atoms with van der Waals surface area (Å²) in [6, 6.07) is 0. The number of morpholine rings is 1. The van der Waals surface area contributed by atoms with Crippen LogP contribution in [0.25, 0.3) is 0 Å². The molecule has 0 amide bonds. The van der Waals surface area contributed by atoms with Gasteiger partial charge in [-0.3, -0.25) is 5.01 Å². The highest BCUT2D eigenvalue weighted by Crippen LogP contribution is 2.55. The molecular formula is C21H30N2O2. The van der Waals surface area contributed by atoms with E-state index in [9.17, 15) is 4.79 Å². The molecule has 1 unspecified atom stereocenters. The minimum absolute atomic E-state index is 0.0378. The average Bonchev–Trinajstić information content (AvgIpc) is 3.02. The fourth-order valence-corrected chi connectivity index (χ4v) is 5.35. The lowest BCUT2D eigenvalue weighted by atomic mass is 9.64. The largest absolute Gasteiger partial charge is 0.458 e. The Hall–Kier alpha value is -1.58. The van der Waals surface area contributed by atoms with Crippen molar-refractivity contribution in [3.05, 3.63) is 23.3 Å². The molecule has 4 bridgehead atoms. The molecule has 1 aliphatic carbocycles. The Morgan fingerprint density at radius 3 is 2.80 bits per heavy atom. The number of piperidine rings is 1. The molecule has 0 radical (unpaired) electrons. The van der Waals surface area contributed by atoms with Gasteiger partial charge in [-0.25, -0.2) is 4.79 Å². The van der Waals surface area contributed by atoms with Crippen LogP contribution in [0.5, 0.6) is 0 Å². The number of carbonyl (C=O) groups excluding carboxylic acids is 1. The Kier molecular flexibility index (Phi) is 4.04. The van der Waals surface area contributed by atoms with Crippen LogP contribution in [-0.4, -0.2) is 34.4 Å². The summed E-state index contributed by atoms with van der Waals surface area (Å²) in [5.74, 6) is 0.307. The monoisotopic (exact) mass is 342 g/mol. The van der Waals surface area contributed by atoms with E-state index in [0.29, 0.717) is 12.3 Å². The molecule has 0 aromatic rings. The normalized spacial score (nSPS) is 45.2. The number of carbonyl (C=O) groups is 1. The van der Waals surface area contributed by atoms with Crippen LogP contribution in [0.1, 0.15) is 72.1 Å². The number of fused-ring (bicyclic) bond motifs is 1. The zero-order valence-corrected chi connectivity index (χ0v) is 15.8. The first-order valence-corrected chi connectivity index (χ1v) is 9.82. The number of hydrogen-bond donors (Lipinski definition) is 0. The van der Waals surface area contributed by atoms with Crippen molar-refractivity contribution in [2.45, 2.75) is 89.3 Å². The zero-order chi connectivity index (χ0) is 17.7. The second-order valence-corrected chi connectivity index (χ2v) is 8.64. The summed E-state index contributed by atoms with van der Waals surface area (Å²) in [6.45, 7) is 6.71. The molecule has 136 valence electrons. The molecule has 3 fully saturated rings. The van der Waals surface area contributed by atoms with E-state index in [-0.39, 0.29) is 17.6 Å². The summed E-state index contributed by atoms with van der Waals surface area (Å²) in [5.41, 5.74) is 2.18. The van der Waals surface area contributed by atoms with E-state index in [1.54, 1.807) is 0 Å². The van der Waals surface area contributed by atoms with Gasteiger partial charge in [-0.05, 0) is 71.6 Å². The number of rotatable bonds is 0. The lowest BCUT2D eigenvalue weighted by Crippen LogP contribution is -2.76. The van der Waals surface area contributed by atoms with Crippen molar-refractivity contribution < 1.29 is 9.53 Å². The van der Waals surface area contributed by atoms with Gasteiger partial charge in [-0.1, -0.05) is 23.3 Å². The molecular weight excluding hydrogens is 312 g/mol. The van der Waals surface area contributed by atoms with Crippen molar-refractivity contribution in [1.82, 2.24) is 5.01 Å². The molecule has 4 nitrogen and oxygen atoms in total. The van der Waals surface area contributed by atoms with Crippen molar-refractivity contribution in [2.75, 3.05) is 0 Å². The fourth-order valence-electron chi connectivity index (χ4n) is 5.35. The molecule has 0 aromatic heterocycles. The molecule has 4 atom stereocenters. The molecule has 0 N–H and O–H groups in total. The van der Waals surface area contributed by atoms with E-state index in [2.05, 4.69) is 37.9 Å². The number of esters is 1. The van der Waals surface area contributed by atoms with E-state index in [0.717, 1.165) is 44.9 Å². The van der Waals surface area contributed by atoms with Gasteiger partial charge >= 0.3 is 5.97 Å². The van der Waals surface area contributed by atoms with E-state index < -0.39 is 5.54 Å². The van der Waals surface area contributed by atoms with E-state index in [1.807, 2.05) is 6.21 Å². The molecule has 5 aliphatic rings. The van der Waals surface area contributed by atoms with Crippen LogP contribution < -0.4 is 0 Å². The minimum Gasteiger partial charge on any atom is -0.458 e. The van der Waals surface area contributed by atoms with Crippen LogP contribution in [0.4, 0.5) is 0 Å². The Balaban J connectivity index is 1.72. The summed E-state index contributed by atoms with van der Waals surface area (Å²) < 4.78 is 5.94. The minimum atomic E-state index is -0.549. The predicted molar refractivity (Wildman–Crippen MR) is 99.3 cm³/mol. The van der Waals surface area contributed by atoms with Gasteiger partial charge in [0.1, 0.15) is 6.10 Å². The van der Waals surface area contributed by atoms with Gasteiger partial charge < -0.3 is 4.74 Å². The van der Waals surface area contributed by atoms with Crippen molar-refractivity contribution in [1.29, 1.82) is 0 Å². The van der Waals surface area contributed by atoms with Gasteiger partial charge in [0.2, 0.25) is 0 Å². The van der Waals surface area contributed by atoms with Crippen molar-refractivity contribution >= 4 is 12.2 Å². The highest BCUT2D eigenvalue weighted by Gasteiger charge is 2.69. The van der Waals surface area contributed by atoms with Crippen molar-refractivity contribution in [3.8, 4) is 0 Å². The van der Waals surface area contributed by atoms with E-state index in [1.165, 1.54) is 11.1 Å². The molecule has 5 rings (SSSR count). The summed E-state index contributed by atoms with van der Waals surface area (Å²) in [4.78, 5) is 12.9. The molecule has 3 saturated heterocycles. The number of hydrogen-bond acceptors (Lipinski definition) is 4. The van der Waals surface area contributed by atoms with Crippen LogP contribution in [0, 0.1) is 5.92 Å². The van der Waals surface area contributed by atoms with Gasteiger partial charge in [-0.15, -0.1) is 0 Å². The third-order valence-electron chi connectivity index (χ3n) is 6.99. The topological polar surface area (TPSA) is 41.9 Å². The number of nitrogens with zero attached hydrogens (tertiary/aromatic N) is 2. The zero-order valence-electron chi connectivity index (χ0n) is 15.8. The number of hydrazone groups is 1. The first-order valence-electron chi connectivity index (χ1n) is 9.82. The average molecular weight is 342 g/mol. The van der Waals surface area contributed by atoms with Gasteiger partial charge in [0.25, 0.3) is 0 Å². The maximum Gasteiger partial charge on any atom is 0.334 e. The molecule has 1 spiro atoms. The fraction of sp³-hybridized carbons (Fsp3) is 0.714. The van der Waals surface area contributed by atoms with Crippen LogP contribution >= 0.6 is 0 Å². The maximum atomic E-state index is 12.9. The summed E-state index contributed by atoms with van der Waals surface area (Å²) in [7, 11) is 0. The molecule has 4 heterocycles. The van der Waals surface area contributed by atoms with Crippen LogP contribution in [0.2, 0.25) is 0 Å². The molecule has 0 aromatic carbocycles. The van der Waals surface area contributed by atoms with Crippen molar-refractivity contribution in [3.63, 3.8) is 0 Å². The Morgan fingerprint density at radius 2 is 1.96 bits per heavy atom. The second-order valence-electron chi connectivity index (χ2n) is 8.64. The molecule has 4 heteroatoms. The summed E-state index contributed by atoms with van der Waals surface area (Å²) in [6.07, 6.45) is 14.7. The first kappa shape index (κ1) is 16.9. The van der Waals surface area contributed by atoms with E-state index >= 15 is 0 Å². The molecule has 25 heavy (non-hydrogen) atoms. The van der Waals surface area contributed by atoms with Crippen LogP contribution in [0.3, 0.4) is 0 Å². The SMILES string of the molecule is C/C1=C\CC[C@@]2(C)C3C[C@H](CC/C(C)=C/CC1)[C@]1(CC=NN21)C(=O)O3. The van der Waals surface area contributed by atoms with Gasteiger partial charge in [-0.2, -0.15) is 5.10 Å². The Morgan fingerprint density at radius 1 is 1.20 bits per heavy atom. The number of allylic oxidation sites excluding steroid dienone is 4. The lowest BCUT2D eigenvalue weighted by molar-refractivity contribution is -0.237. The molecule has 0 saturated carbocycles. The quantitative estimate of drug-likeness (QED) is 0.485. The third-order valence-corrected chi connectivity index (χ3v) is 6.99. The Bertz CT molecular complexity index is 665. The molecule has 4 aliphatic heterocycles.